The summed E-state index contributed by atoms with van der Waals surface area (Å²) in [6.07, 6.45) is 1.35. The fraction of sp³-hybridized carbons (Fsp3) is 0.368. The molecule has 5 heteroatoms. The average molecular weight is 327 g/mol. The number of carbonyl (C=O) groups is 1. The SMILES string of the molecule is Cc1cc(CNC(=O)OC(C)(C)C)cnc1N(C)c1ccccc1. The van der Waals surface area contributed by atoms with Gasteiger partial charge in [0.25, 0.3) is 0 Å². The zero-order chi connectivity index (χ0) is 17.7. The molecule has 0 saturated heterocycles. The Labute approximate surface area is 143 Å². The first-order valence-corrected chi connectivity index (χ1v) is 7.97. The van der Waals surface area contributed by atoms with Crippen LogP contribution < -0.4 is 10.2 Å². The van der Waals surface area contributed by atoms with E-state index in [0.717, 1.165) is 22.6 Å². The maximum Gasteiger partial charge on any atom is 0.407 e. The molecule has 2 aromatic rings. The number of amides is 1. The van der Waals surface area contributed by atoms with E-state index in [1.165, 1.54) is 0 Å². The quantitative estimate of drug-likeness (QED) is 0.915. The smallest absolute Gasteiger partial charge is 0.407 e. The normalized spacial score (nSPS) is 11.0. The second-order valence-electron chi connectivity index (χ2n) is 6.73. The number of rotatable bonds is 4. The van der Waals surface area contributed by atoms with Crippen molar-refractivity contribution in [2.45, 2.75) is 39.8 Å². The van der Waals surface area contributed by atoms with Crippen LogP contribution in [0, 0.1) is 6.92 Å². The number of benzene rings is 1. The number of ether oxygens (including phenoxy) is 1. The first-order valence-electron chi connectivity index (χ1n) is 7.97. The van der Waals surface area contributed by atoms with Gasteiger partial charge in [-0.05, 0) is 57.0 Å². The van der Waals surface area contributed by atoms with E-state index in [0.29, 0.717) is 6.54 Å². The molecule has 128 valence electrons. The van der Waals surface area contributed by atoms with E-state index in [-0.39, 0.29) is 0 Å². The van der Waals surface area contributed by atoms with Crippen molar-refractivity contribution in [1.82, 2.24) is 10.3 Å². The van der Waals surface area contributed by atoms with Gasteiger partial charge >= 0.3 is 6.09 Å². The van der Waals surface area contributed by atoms with Gasteiger partial charge in [0.2, 0.25) is 0 Å². The summed E-state index contributed by atoms with van der Waals surface area (Å²) in [6, 6.07) is 12.1. The summed E-state index contributed by atoms with van der Waals surface area (Å²) in [5, 5.41) is 2.75. The lowest BCUT2D eigenvalue weighted by Crippen LogP contribution is -2.32. The molecule has 0 saturated carbocycles. The Morgan fingerprint density at radius 1 is 1.25 bits per heavy atom. The van der Waals surface area contributed by atoms with E-state index < -0.39 is 11.7 Å². The van der Waals surface area contributed by atoms with Crippen molar-refractivity contribution in [3.8, 4) is 0 Å². The van der Waals surface area contributed by atoms with Crippen LogP contribution in [0.15, 0.2) is 42.6 Å². The molecule has 0 radical (unpaired) electrons. The Morgan fingerprint density at radius 3 is 2.50 bits per heavy atom. The fourth-order valence-corrected chi connectivity index (χ4v) is 2.34. The van der Waals surface area contributed by atoms with Crippen molar-refractivity contribution < 1.29 is 9.53 Å². The lowest BCUT2D eigenvalue weighted by molar-refractivity contribution is 0.0523. The van der Waals surface area contributed by atoms with Gasteiger partial charge in [0.05, 0.1) is 0 Å². The molecule has 0 aliphatic heterocycles. The van der Waals surface area contributed by atoms with Crippen molar-refractivity contribution in [2.24, 2.45) is 0 Å². The number of carbonyl (C=O) groups excluding carboxylic acids is 1. The third kappa shape index (κ3) is 4.98. The molecule has 0 aliphatic carbocycles. The third-order valence-electron chi connectivity index (χ3n) is 3.40. The lowest BCUT2D eigenvalue weighted by Gasteiger charge is -2.21. The maximum atomic E-state index is 11.7. The molecule has 1 heterocycles. The van der Waals surface area contributed by atoms with E-state index in [2.05, 4.69) is 10.3 Å². The van der Waals surface area contributed by atoms with Crippen LogP contribution in [0.2, 0.25) is 0 Å². The van der Waals surface area contributed by atoms with Crippen LogP contribution in [0.4, 0.5) is 16.3 Å². The molecule has 0 aliphatic rings. The monoisotopic (exact) mass is 327 g/mol. The van der Waals surface area contributed by atoms with E-state index in [4.69, 9.17) is 4.74 Å². The number of aromatic nitrogens is 1. The number of alkyl carbamates (subject to hydrolysis) is 1. The molecular formula is C19H25N3O2. The van der Waals surface area contributed by atoms with Crippen molar-refractivity contribution in [1.29, 1.82) is 0 Å². The van der Waals surface area contributed by atoms with Crippen molar-refractivity contribution >= 4 is 17.6 Å². The van der Waals surface area contributed by atoms with Gasteiger partial charge in [-0.2, -0.15) is 0 Å². The van der Waals surface area contributed by atoms with E-state index in [1.807, 2.05) is 76.0 Å². The molecule has 0 spiro atoms. The van der Waals surface area contributed by atoms with Crippen LogP contribution in [-0.2, 0) is 11.3 Å². The Balaban J connectivity index is 2.03. The number of aryl methyl sites for hydroxylation is 1. The van der Waals surface area contributed by atoms with Gasteiger partial charge < -0.3 is 15.0 Å². The van der Waals surface area contributed by atoms with E-state index >= 15 is 0 Å². The molecule has 1 aromatic carbocycles. The molecule has 5 nitrogen and oxygen atoms in total. The maximum absolute atomic E-state index is 11.7. The van der Waals surface area contributed by atoms with Crippen molar-refractivity contribution in [3.05, 3.63) is 53.7 Å². The van der Waals surface area contributed by atoms with E-state index in [1.54, 1.807) is 6.20 Å². The van der Waals surface area contributed by atoms with Crippen LogP contribution in [-0.4, -0.2) is 23.7 Å². The summed E-state index contributed by atoms with van der Waals surface area (Å²) in [5.74, 6) is 0.891. The fourth-order valence-electron chi connectivity index (χ4n) is 2.34. The van der Waals surface area contributed by atoms with Gasteiger partial charge in [-0.1, -0.05) is 18.2 Å². The number of pyridine rings is 1. The topological polar surface area (TPSA) is 54.5 Å². The predicted molar refractivity (Wildman–Crippen MR) is 96.6 cm³/mol. The molecule has 0 fully saturated rings. The first-order chi connectivity index (χ1) is 11.3. The highest BCUT2D eigenvalue weighted by atomic mass is 16.6. The molecule has 1 aromatic heterocycles. The molecule has 1 amide bonds. The summed E-state index contributed by atoms with van der Waals surface area (Å²) < 4.78 is 5.23. The Hall–Kier alpha value is -2.56. The van der Waals surface area contributed by atoms with Gasteiger partial charge in [0.1, 0.15) is 11.4 Å². The summed E-state index contributed by atoms with van der Waals surface area (Å²) in [7, 11) is 1.99. The number of nitrogens with zero attached hydrogens (tertiary/aromatic N) is 2. The first kappa shape index (κ1) is 17.8. The summed E-state index contributed by atoms with van der Waals surface area (Å²) in [6.45, 7) is 7.92. The van der Waals surface area contributed by atoms with Crippen LogP contribution in [0.5, 0.6) is 0 Å². The average Bonchev–Trinajstić information content (AvgIpc) is 2.52. The molecule has 0 bridgehead atoms. The van der Waals surface area contributed by atoms with Crippen LogP contribution >= 0.6 is 0 Å². The highest BCUT2D eigenvalue weighted by Crippen LogP contribution is 2.24. The third-order valence-corrected chi connectivity index (χ3v) is 3.40. The molecular weight excluding hydrogens is 302 g/mol. The second kappa shape index (κ2) is 7.34. The van der Waals surface area contributed by atoms with Crippen LogP contribution in [0.25, 0.3) is 0 Å². The largest absolute Gasteiger partial charge is 0.444 e. The Bertz CT molecular complexity index is 694. The molecule has 0 atom stereocenters. The Morgan fingerprint density at radius 2 is 1.92 bits per heavy atom. The van der Waals surface area contributed by atoms with Gasteiger partial charge in [-0.25, -0.2) is 9.78 Å². The summed E-state index contributed by atoms with van der Waals surface area (Å²) in [4.78, 5) is 18.3. The molecule has 1 N–H and O–H groups in total. The zero-order valence-electron chi connectivity index (χ0n) is 15.0. The van der Waals surface area contributed by atoms with E-state index in [9.17, 15) is 4.79 Å². The van der Waals surface area contributed by atoms with Gasteiger partial charge in [0, 0.05) is 25.5 Å². The van der Waals surface area contributed by atoms with Crippen molar-refractivity contribution in [3.63, 3.8) is 0 Å². The number of nitrogens with one attached hydrogen (secondary N) is 1. The van der Waals surface area contributed by atoms with Crippen LogP contribution in [0.3, 0.4) is 0 Å². The second-order valence-corrected chi connectivity index (χ2v) is 6.73. The molecule has 2 rings (SSSR count). The van der Waals surface area contributed by atoms with Crippen LogP contribution in [0.1, 0.15) is 31.9 Å². The number of anilines is 2. The highest BCUT2D eigenvalue weighted by molar-refractivity contribution is 5.68. The minimum absolute atomic E-state index is 0.387. The highest BCUT2D eigenvalue weighted by Gasteiger charge is 2.16. The minimum Gasteiger partial charge on any atom is -0.444 e. The number of hydrogen-bond donors (Lipinski definition) is 1. The predicted octanol–water partition coefficient (Wildman–Crippen LogP) is 4.18. The van der Waals surface area contributed by atoms with Gasteiger partial charge in [-0.15, -0.1) is 0 Å². The van der Waals surface area contributed by atoms with Gasteiger partial charge in [-0.3, -0.25) is 0 Å². The minimum atomic E-state index is -0.500. The molecule has 0 unspecified atom stereocenters. The summed E-state index contributed by atoms with van der Waals surface area (Å²) >= 11 is 0. The lowest BCUT2D eigenvalue weighted by atomic mass is 10.2. The number of para-hydroxylation sites is 1. The zero-order valence-corrected chi connectivity index (χ0v) is 15.0. The van der Waals surface area contributed by atoms with Crippen molar-refractivity contribution in [2.75, 3.05) is 11.9 Å². The standard InChI is InChI=1S/C19H25N3O2/c1-14-11-15(13-21-18(23)24-19(2,3)4)12-20-17(14)22(5)16-9-7-6-8-10-16/h6-12H,13H2,1-5H3,(H,21,23). The number of hydrogen-bond acceptors (Lipinski definition) is 4. The molecule has 24 heavy (non-hydrogen) atoms. The Kier molecular flexibility index (Phi) is 5.44. The summed E-state index contributed by atoms with van der Waals surface area (Å²) in [5.41, 5.74) is 2.56. The van der Waals surface area contributed by atoms with Gasteiger partial charge in [0.15, 0.2) is 0 Å².